The van der Waals surface area contributed by atoms with Crippen molar-refractivity contribution < 1.29 is 22.7 Å². The minimum Gasteiger partial charge on any atom is -0.454 e. The van der Waals surface area contributed by atoms with Crippen molar-refractivity contribution in [1.29, 1.82) is 0 Å². The van der Waals surface area contributed by atoms with Gasteiger partial charge < -0.3 is 9.47 Å². The molecule has 2 N–H and O–H groups in total. The van der Waals surface area contributed by atoms with Crippen LogP contribution in [0.4, 0.5) is 0 Å². The third-order valence-electron chi connectivity index (χ3n) is 2.29. The Morgan fingerprint density at radius 3 is 2.53 bits per heavy atom. The number of carbonyl (C=O) groups is 1. The predicted molar refractivity (Wildman–Crippen MR) is 57.8 cm³/mol. The molecular formula is C10H11NO5S. The average Bonchev–Trinajstić information content (AvgIpc) is 2.22. The van der Waals surface area contributed by atoms with E-state index in [-0.39, 0.29) is 16.6 Å². The van der Waals surface area contributed by atoms with Gasteiger partial charge in [-0.25, -0.2) is 18.4 Å². The summed E-state index contributed by atoms with van der Waals surface area (Å²) in [6, 6.07) is 5.66. The molecule has 0 amide bonds. The van der Waals surface area contributed by atoms with Crippen LogP contribution in [0.5, 0.6) is 0 Å². The van der Waals surface area contributed by atoms with Gasteiger partial charge in [0, 0.05) is 0 Å². The number of nitrogens with two attached hydrogens (primary N) is 1. The van der Waals surface area contributed by atoms with Gasteiger partial charge in [0.25, 0.3) is 0 Å². The van der Waals surface area contributed by atoms with Crippen LogP contribution in [0.3, 0.4) is 0 Å². The third kappa shape index (κ3) is 2.63. The lowest BCUT2D eigenvalue weighted by Gasteiger charge is -2.25. The van der Waals surface area contributed by atoms with Crippen LogP contribution in [-0.4, -0.2) is 33.7 Å². The standard InChI is InChI=1S/C10H11NO5S/c11-17(13,14)9-4-2-1-3-8(9)10(12)16-7-5-15-6-7/h1-4,7H,5-6H2,(H2,11,13,14). The molecule has 17 heavy (non-hydrogen) atoms. The van der Waals surface area contributed by atoms with Crippen molar-refractivity contribution >= 4 is 16.0 Å². The molecule has 1 fully saturated rings. The molecule has 1 aromatic rings. The fourth-order valence-corrected chi connectivity index (χ4v) is 2.11. The van der Waals surface area contributed by atoms with Crippen molar-refractivity contribution in [2.75, 3.05) is 13.2 Å². The van der Waals surface area contributed by atoms with Crippen LogP contribution in [0.2, 0.25) is 0 Å². The Bertz CT molecular complexity index is 535. The summed E-state index contributed by atoms with van der Waals surface area (Å²) in [5.74, 6) is -0.706. The third-order valence-corrected chi connectivity index (χ3v) is 3.26. The highest BCUT2D eigenvalue weighted by Gasteiger charge is 2.26. The molecule has 92 valence electrons. The Morgan fingerprint density at radius 2 is 2.00 bits per heavy atom. The van der Waals surface area contributed by atoms with Gasteiger partial charge in [-0.3, -0.25) is 0 Å². The van der Waals surface area contributed by atoms with E-state index >= 15 is 0 Å². The Morgan fingerprint density at radius 1 is 1.35 bits per heavy atom. The van der Waals surface area contributed by atoms with E-state index in [0.717, 1.165) is 0 Å². The van der Waals surface area contributed by atoms with E-state index in [2.05, 4.69) is 0 Å². The summed E-state index contributed by atoms with van der Waals surface area (Å²) < 4.78 is 32.4. The minimum atomic E-state index is -3.94. The van der Waals surface area contributed by atoms with Gasteiger partial charge in [-0.05, 0) is 12.1 Å². The fourth-order valence-electron chi connectivity index (χ4n) is 1.38. The van der Waals surface area contributed by atoms with Gasteiger partial charge >= 0.3 is 5.97 Å². The van der Waals surface area contributed by atoms with Gasteiger partial charge in [-0.2, -0.15) is 0 Å². The van der Waals surface area contributed by atoms with Gasteiger partial charge in [-0.15, -0.1) is 0 Å². The zero-order valence-corrected chi connectivity index (χ0v) is 9.64. The zero-order chi connectivity index (χ0) is 12.5. The number of benzene rings is 1. The number of esters is 1. The summed E-state index contributed by atoms with van der Waals surface area (Å²) in [6.45, 7) is 0.673. The number of hydrogen-bond donors (Lipinski definition) is 1. The second-order valence-electron chi connectivity index (χ2n) is 3.61. The summed E-state index contributed by atoms with van der Waals surface area (Å²) in [6.07, 6.45) is -0.309. The van der Waals surface area contributed by atoms with Gasteiger partial charge in [0.1, 0.15) is 6.10 Å². The van der Waals surface area contributed by atoms with E-state index in [1.165, 1.54) is 18.2 Å². The molecule has 7 heteroatoms. The van der Waals surface area contributed by atoms with Crippen LogP contribution in [0.1, 0.15) is 10.4 Å². The summed E-state index contributed by atoms with van der Waals surface area (Å²) in [4.78, 5) is 11.5. The topological polar surface area (TPSA) is 95.7 Å². The summed E-state index contributed by atoms with van der Waals surface area (Å²) in [7, 11) is -3.94. The monoisotopic (exact) mass is 257 g/mol. The molecule has 0 aliphatic carbocycles. The molecule has 1 aliphatic rings. The van der Waals surface area contributed by atoms with E-state index in [0.29, 0.717) is 13.2 Å². The zero-order valence-electron chi connectivity index (χ0n) is 8.83. The van der Waals surface area contributed by atoms with E-state index in [1.54, 1.807) is 6.07 Å². The normalized spacial score (nSPS) is 16.3. The van der Waals surface area contributed by atoms with E-state index in [1.807, 2.05) is 0 Å². The molecule has 0 radical (unpaired) electrons. The van der Waals surface area contributed by atoms with Gasteiger partial charge in [0.15, 0.2) is 0 Å². The predicted octanol–water partition coefficient (Wildman–Crippen LogP) is -0.110. The molecule has 2 rings (SSSR count). The second-order valence-corrected chi connectivity index (χ2v) is 5.14. The maximum atomic E-state index is 11.7. The molecular weight excluding hydrogens is 246 g/mol. The van der Waals surface area contributed by atoms with E-state index in [9.17, 15) is 13.2 Å². The van der Waals surface area contributed by atoms with Crippen LogP contribution in [-0.2, 0) is 19.5 Å². The Hall–Kier alpha value is -1.44. The van der Waals surface area contributed by atoms with Crippen LogP contribution in [0.15, 0.2) is 29.2 Å². The van der Waals surface area contributed by atoms with Gasteiger partial charge in [0.2, 0.25) is 10.0 Å². The highest BCUT2D eigenvalue weighted by atomic mass is 32.2. The molecule has 1 aromatic carbocycles. The maximum absolute atomic E-state index is 11.7. The number of ether oxygens (including phenoxy) is 2. The number of carbonyl (C=O) groups excluding carboxylic acids is 1. The lowest BCUT2D eigenvalue weighted by Crippen LogP contribution is -2.38. The molecule has 0 unspecified atom stereocenters. The van der Waals surface area contributed by atoms with Crippen LogP contribution < -0.4 is 5.14 Å². The van der Waals surface area contributed by atoms with Crippen molar-refractivity contribution in [3.05, 3.63) is 29.8 Å². The first-order valence-electron chi connectivity index (χ1n) is 4.89. The second kappa shape index (κ2) is 4.44. The van der Waals surface area contributed by atoms with E-state index < -0.39 is 16.0 Å². The molecule has 0 spiro atoms. The average molecular weight is 257 g/mol. The molecule has 1 aliphatic heterocycles. The highest BCUT2D eigenvalue weighted by molar-refractivity contribution is 7.89. The Labute approximate surface area is 98.4 Å². The van der Waals surface area contributed by atoms with Crippen molar-refractivity contribution in [2.24, 2.45) is 5.14 Å². The number of rotatable bonds is 3. The fraction of sp³-hybridized carbons (Fsp3) is 0.300. The Kier molecular flexibility index (Phi) is 3.14. The minimum absolute atomic E-state index is 0.0538. The highest BCUT2D eigenvalue weighted by Crippen LogP contribution is 2.17. The van der Waals surface area contributed by atoms with Crippen molar-refractivity contribution in [2.45, 2.75) is 11.0 Å². The van der Waals surface area contributed by atoms with Crippen LogP contribution in [0.25, 0.3) is 0 Å². The van der Waals surface area contributed by atoms with E-state index in [4.69, 9.17) is 14.6 Å². The Balaban J connectivity index is 2.28. The molecule has 0 atom stereocenters. The van der Waals surface area contributed by atoms with Crippen molar-refractivity contribution in [3.8, 4) is 0 Å². The first kappa shape index (κ1) is 12.0. The molecule has 1 heterocycles. The molecule has 0 bridgehead atoms. The van der Waals surface area contributed by atoms with Gasteiger partial charge in [0.05, 0.1) is 23.7 Å². The number of primary sulfonamides is 1. The lowest BCUT2D eigenvalue weighted by atomic mass is 10.2. The van der Waals surface area contributed by atoms with Gasteiger partial charge in [-0.1, -0.05) is 12.1 Å². The first-order valence-corrected chi connectivity index (χ1v) is 6.43. The molecule has 0 saturated carbocycles. The smallest absolute Gasteiger partial charge is 0.339 e. The lowest BCUT2D eigenvalue weighted by molar-refractivity contribution is -0.103. The number of hydrogen-bond acceptors (Lipinski definition) is 5. The summed E-state index contributed by atoms with van der Waals surface area (Å²) in [5, 5.41) is 5.01. The molecule has 1 saturated heterocycles. The summed E-state index contributed by atoms with van der Waals surface area (Å²) >= 11 is 0. The van der Waals surface area contributed by atoms with Crippen molar-refractivity contribution in [3.63, 3.8) is 0 Å². The quantitative estimate of drug-likeness (QED) is 0.762. The number of sulfonamides is 1. The van der Waals surface area contributed by atoms with Crippen LogP contribution >= 0.6 is 0 Å². The maximum Gasteiger partial charge on any atom is 0.339 e. The molecule has 0 aromatic heterocycles. The molecule has 6 nitrogen and oxygen atoms in total. The largest absolute Gasteiger partial charge is 0.454 e. The van der Waals surface area contributed by atoms with Crippen molar-refractivity contribution in [1.82, 2.24) is 0 Å². The van der Waals surface area contributed by atoms with Crippen LogP contribution in [0, 0.1) is 0 Å². The summed E-state index contributed by atoms with van der Waals surface area (Å²) in [5.41, 5.74) is -0.0538. The first-order chi connectivity index (χ1) is 7.98. The SMILES string of the molecule is NS(=O)(=O)c1ccccc1C(=O)OC1COC1.